The Balaban J connectivity index is 2.46. The number of nitrogens with one attached hydrogen (secondary N) is 1. The number of nitrogens with two attached hydrogens (primary N) is 2. The molecule has 1 heterocycles. The van der Waals surface area contributed by atoms with Crippen LogP contribution in [0.15, 0.2) is 24.3 Å². The van der Waals surface area contributed by atoms with Gasteiger partial charge < -0.3 is 16.5 Å². The molecule has 0 saturated heterocycles. The molecule has 0 radical (unpaired) electrons. The summed E-state index contributed by atoms with van der Waals surface area (Å²) in [5.74, 6) is 0. The minimum atomic E-state index is 0.0103. The number of aromatic nitrogens is 1. The highest BCUT2D eigenvalue weighted by Gasteiger charge is 2.16. The lowest BCUT2D eigenvalue weighted by molar-refractivity contribution is 0.569. The first-order chi connectivity index (χ1) is 7.59. The summed E-state index contributed by atoms with van der Waals surface area (Å²) in [6.45, 7) is 4.06. The lowest BCUT2D eigenvalue weighted by atomic mass is 9.98. The number of benzene rings is 1. The zero-order valence-electron chi connectivity index (χ0n) is 9.83. The van der Waals surface area contributed by atoms with E-state index >= 15 is 0 Å². The molecule has 2 unspecified atom stereocenters. The average Bonchev–Trinajstić information content (AvgIpc) is 2.52. The molecule has 0 aliphatic carbocycles. The highest BCUT2D eigenvalue weighted by atomic mass is 14.8. The normalized spacial score (nSPS) is 15.2. The third-order valence-corrected chi connectivity index (χ3v) is 2.94. The summed E-state index contributed by atoms with van der Waals surface area (Å²) < 4.78 is 0. The van der Waals surface area contributed by atoms with Gasteiger partial charge >= 0.3 is 0 Å². The molecule has 0 bridgehead atoms. The van der Waals surface area contributed by atoms with E-state index in [1.165, 1.54) is 10.9 Å². The molecule has 0 amide bonds. The summed E-state index contributed by atoms with van der Waals surface area (Å²) in [6, 6.07) is 8.38. The van der Waals surface area contributed by atoms with Crippen molar-refractivity contribution in [3.05, 3.63) is 35.5 Å². The van der Waals surface area contributed by atoms with Crippen LogP contribution in [-0.2, 0) is 0 Å². The summed E-state index contributed by atoms with van der Waals surface area (Å²) in [6.07, 6.45) is 0.808. The Labute approximate surface area is 95.8 Å². The van der Waals surface area contributed by atoms with Gasteiger partial charge in [-0.05, 0) is 31.9 Å². The van der Waals surface area contributed by atoms with Gasteiger partial charge in [0, 0.05) is 28.7 Å². The van der Waals surface area contributed by atoms with E-state index in [0.717, 1.165) is 17.6 Å². The van der Waals surface area contributed by atoms with E-state index in [2.05, 4.69) is 24.0 Å². The van der Waals surface area contributed by atoms with Gasteiger partial charge in [-0.1, -0.05) is 18.2 Å². The maximum atomic E-state index is 6.21. The van der Waals surface area contributed by atoms with Crippen LogP contribution >= 0.6 is 0 Å². The van der Waals surface area contributed by atoms with Gasteiger partial charge in [0.15, 0.2) is 0 Å². The van der Waals surface area contributed by atoms with Crippen LogP contribution in [0.4, 0.5) is 0 Å². The van der Waals surface area contributed by atoms with Gasteiger partial charge in [0.1, 0.15) is 0 Å². The van der Waals surface area contributed by atoms with E-state index in [1.54, 1.807) is 0 Å². The third-order valence-electron chi connectivity index (χ3n) is 2.94. The lowest BCUT2D eigenvalue weighted by Gasteiger charge is -2.14. The van der Waals surface area contributed by atoms with E-state index in [4.69, 9.17) is 11.5 Å². The fourth-order valence-corrected chi connectivity index (χ4v) is 2.29. The molecule has 1 aromatic carbocycles. The van der Waals surface area contributed by atoms with Crippen LogP contribution in [-0.4, -0.2) is 11.0 Å². The maximum Gasteiger partial charge on any atom is 0.0459 e. The van der Waals surface area contributed by atoms with Crippen LogP contribution in [0.1, 0.15) is 30.6 Å². The number of H-pyrrole nitrogens is 1. The number of hydrogen-bond donors (Lipinski definition) is 3. The van der Waals surface area contributed by atoms with Crippen LogP contribution < -0.4 is 11.5 Å². The first kappa shape index (κ1) is 11.2. The van der Waals surface area contributed by atoms with Crippen molar-refractivity contribution in [2.75, 3.05) is 0 Å². The first-order valence-electron chi connectivity index (χ1n) is 5.68. The Morgan fingerprint density at radius 1 is 1.25 bits per heavy atom. The van der Waals surface area contributed by atoms with Gasteiger partial charge in [-0.25, -0.2) is 0 Å². The van der Waals surface area contributed by atoms with Gasteiger partial charge in [0.05, 0.1) is 0 Å². The Morgan fingerprint density at radius 3 is 2.62 bits per heavy atom. The highest BCUT2D eigenvalue weighted by molar-refractivity contribution is 5.85. The van der Waals surface area contributed by atoms with Crippen LogP contribution in [0.2, 0.25) is 0 Å². The largest absolute Gasteiger partial charge is 0.358 e. The number of para-hydroxylation sites is 1. The molecule has 86 valence electrons. The van der Waals surface area contributed by atoms with E-state index in [-0.39, 0.29) is 12.1 Å². The quantitative estimate of drug-likeness (QED) is 0.738. The summed E-state index contributed by atoms with van der Waals surface area (Å²) in [7, 11) is 0. The molecule has 1 aromatic heterocycles. The monoisotopic (exact) mass is 217 g/mol. The summed E-state index contributed by atoms with van der Waals surface area (Å²) in [5, 5.41) is 1.22. The molecule has 16 heavy (non-hydrogen) atoms. The molecule has 2 aromatic rings. The molecule has 0 spiro atoms. The molecule has 2 rings (SSSR count). The Kier molecular flexibility index (Phi) is 2.99. The van der Waals surface area contributed by atoms with Crippen LogP contribution in [0.25, 0.3) is 10.9 Å². The van der Waals surface area contributed by atoms with Crippen LogP contribution in [0.3, 0.4) is 0 Å². The number of aryl methyl sites for hydroxylation is 1. The predicted molar refractivity (Wildman–Crippen MR) is 68.2 cm³/mol. The Hall–Kier alpha value is -1.32. The van der Waals surface area contributed by atoms with Crippen LogP contribution in [0, 0.1) is 6.92 Å². The van der Waals surface area contributed by atoms with Crippen molar-refractivity contribution in [3.8, 4) is 0 Å². The number of fused-ring (bicyclic) bond motifs is 1. The molecule has 0 aliphatic heterocycles. The topological polar surface area (TPSA) is 67.8 Å². The fraction of sp³-hybridized carbons (Fsp3) is 0.385. The van der Waals surface area contributed by atoms with Crippen molar-refractivity contribution >= 4 is 10.9 Å². The second kappa shape index (κ2) is 4.28. The first-order valence-corrected chi connectivity index (χ1v) is 5.68. The summed E-state index contributed by atoms with van der Waals surface area (Å²) in [5.41, 5.74) is 15.5. The molecule has 0 aliphatic rings. The van der Waals surface area contributed by atoms with Crippen molar-refractivity contribution in [2.24, 2.45) is 11.5 Å². The number of rotatable bonds is 3. The van der Waals surface area contributed by atoms with E-state index < -0.39 is 0 Å². The molecule has 0 fully saturated rings. The molecule has 0 saturated carbocycles. The molecule has 3 heteroatoms. The fourth-order valence-electron chi connectivity index (χ4n) is 2.29. The van der Waals surface area contributed by atoms with Crippen molar-refractivity contribution in [1.29, 1.82) is 0 Å². The molecular formula is C13H19N3. The number of aromatic amines is 1. The lowest BCUT2D eigenvalue weighted by Crippen LogP contribution is -2.23. The summed E-state index contributed by atoms with van der Waals surface area (Å²) in [4.78, 5) is 3.36. The van der Waals surface area contributed by atoms with Crippen molar-refractivity contribution < 1.29 is 0 Å². The van der Waals surface area contributed by atoms with Crippen LogP contribution in [0.5, 0.6) is 0 Å². The number of hydrogen-bond acceptors (Lipinski definition) is 2. The SMILES string of the molecule is Cc1[nH]c2ccccc2c1C(N)CC(C)N. The summed E-state index contributed by atoms with van der Waals surface area (Å²) >= 11 is 0. The predicted octanol–water partition coefficient (Wildman–Crippen LogP) is 2.21. The van der Waals surface area contributed by atoms with E-state index in [9.17, 15) is 0 Å². The van der Waals surface area contributed by atoms with Gasteiger partial charge in [-0.3, -0.25) is 0 Å². The minimum Gasteiger partial charge on any atom is -0.358 e. The smallest absolute Gasteiger partial charge is 0.0459 e. The Morgan fingerprint density at radius 2 is 1.94 bits per heavy atom. The van der Waals surface area contributed by atoms with E-state index in [1.807, 2.05) is 19.1 Å². The second-order valence-corrected chi connectivity index (χ2v) is 4.53. The maximum absolute atomic E-state index is 6.21. The van der Waals surface area contributed by atoms with Crippen molar-refractivity contribution in [2.45, 2.75) is 32.4 Å². The Bertz CT molecular complexity index is 485. The molecular weight excluding hydrogens is 198 g/mol. The zero-order chi connectivity index (χ0) is 11.7. The van der Waals surface area contributed by atoms with Crippen molar-refractivity contribution in [1.82, 2.24) is 4.98 Å². The van der Waals surface area contributed by atoms with Gasteiger partial charge in [0.2, 0.25) is 0 Å². The third kappa shape index (κ3) is 1.96. The molecule has 3 nitrogen and oxygen atoms in total. The highest BCUT2D eigenvalue weighted by Crippen LogP contribution is 2.28. The van der Waals surface area contributed by atoms with Gasteiger partial charge in [-0.2, -0.15) is 0 Å². The van der Waals surface area contributed by atoms with Gasteiger partial charge in [-0.15, -0.1) is 0 Å². The standard InChI is InChI=1S/C13H19N3/c1-8(14)7-11(15)13-9(2)16-12-6-4-3-5-10(12)13/h3-6,8,11,16H,7,14-15H2,1-2H3. The molecule has 2 atom stereocenters. The minimum absolute atomic E-state index is 0.0103. The van der Waals surface area contributed by atoms with E-state index in [0.29, 0.717) is 0 Å². The molecule has 5 N–H and O–H groups in total. The zero-order valence-corrected chi connectivity index (χ0v) is 9.83. The van der Waals surface area contributed by atoms with Crippen molar-refractivity contribution in [3.63, 3.8) is 0 Å². The average molecular weight is 217 g/mol. The van der Waals surface area contributed by atoms with Gasteiger partial charge in [0.25, 0.3) is 0 Å². The second-order valence-electron chi connectivity index (χ2n) is 4.53.